The van der Waals surface area contributed by atoms with Gasteiger partial charge in [0.15, 0.2) is 0 Å². The monoisotopic (exact) mass is 262 g/mol. The second kappa shape index (κ2) is 4.33. The number of aliphatic carboxylic acids is 1. The molecule has 1 aromatic heterocycles. The lowest BCUT2D eigenvalue weighted by molar-refractivity contribution is -0.163. The van der Waals surface area contributed by atoms with E-state index in [1.807, 2.05) is 6.07 Å². The van der Waals surface area contributed by atoms with Gasteiger partial charge in [-0.15, -0.1) is 11.3 Å². The Morgan fingerprint density at radius 1 is 1.75 bits per heavy atom. The standard InChI is InChI=1S/C10H11ClO4S/c1-10(7-2-3-8(11)16-7)14-5-6(15-10)4-9(12)13/h2-3,6H,4-5H2,1H3,(H,12,13). The average Bonchev–Trinajstić information content (AvgIpc) is 2.73. The van der Waals surface area contributed by atoms with Gasteiger partial charge in [0.05, 0.1) is 28.3 Å². The van der Waals surface area contributed by atoms with Crippen molar-refractivity contribution in [3.05, 3.63) is 21.3 Å². The second-order valence-electron chi connectivity index (χ2n) is 3.70. The highest BCUT2D eigenvalue weighted by Gasteiger charge is 2.40. The number of carbonyl (C=O) groups is 1. The van der Waals surface area contributed by atoms with Gasteiger partial charge in [-0.25, -0.2) is 0 Å². The molecule has 2 atom stereocenters. The number of carboxylic acids is 1. The average molecular weight is 263 g/mol. The zero-order valence-corrected chi connectivity index (χ0v) is 10.2. The molecular formula is C10H11ClO4S. The summed E-state index contributed by atoms with van der Waals surface area (Å²) in [6, 6.07) is 3.60. The Morgan fingerprint density at radius 3 is 3.06 bits per heavy atom. The van der Waals surface area contributed by atoms with Crippen molar-refractivity contribution in [1.82, 2.24) is 0 Å². The van der Waals surface area contributed by atoms with E-state index in [1.54, 1.807) is 13.0 Å². The van der Waals surface area contributed by atoms with Crippen LogP contribution in [0.3, 0.4) is 0 Å². The summed E-state index contributed by atoms with van der Waals surface area (Å²) < 4.78 is 11.8. The minimum atomic E-state index is -0.887. The van der Waals surface area contributed by atoms with Gasteiger partial charge in [-0.1, -0.05) is 11.6 Å². The van der Waals surface area contributed by atoms with Gasteiger partial charge in [-0.2, -0.15) is 0 Å². The molecule has 16 heavy (non-hydrogen) atoms. The van der Waals surface area contributed by atoms with E-state index in [1.165, 1.54) is 11.3 Å². The van der Waals surface area contributed by atoms with Crippen LogP contribution in [0.25, 0.3) is 0 Å². The lowest BCUT2D eigenvalue weighted by Crippen LogP contribution is -2.23. The molecule has 88 valence electrons. The van der Waals surface area contributed by atoms with E-state index in [9.17, 15) is 4.79 Å². The van der Waals surface area contributed by atoms with E-state index in [0.717, 1.165) is 4.88 Å². The third-order valence-electron chi connectivity index (χ3n) is 2.36. The Balaban J connectivity index is 2.08. The molecule has 1 N–H and O–H groups in total. The molecular weight excluding hydrogens is 252 g/mol. The summed E-state index contributed by atoms with van der Waals surface area (Å²) in [5.41, 5.74) is 0. The van der Waals surface area contributed by atoms with Gasteiger partial charge >= 0.3 is 5.97 Å². The molecule has 0 aromatic carbocycles. The van der Waals surface area contributed by atoms with Gasteiger partial charge < -0.3 is 14.6 Å². The fraction of sp³-hybridized carbons (Fsp3) is 0.500. The summed E-state index contributed by atoms with van der Waals surface area (Å²) in [6.07, 6.45) is -0.447. The fourth-order valence-electron chi connectivity index (χ4n) is 1.62. The molecule has 0 spiro atoms. The van der Waals surface area contributed by atoms with Crippen molar-refractivity contribution >= 4 is 28.9 Å². The fourth-order valence-corrected chi connectivity index (χ4v) is 2.71. The van der Waals surface area contributed by atoms with E-state index in [-0.39, 0.29) is 13.0 Å². The number of thiophene rings is 1. The lowest BCUT2D eigenvalue weighted by Gasteiger charge is -2.21. The van der Waals surface area contributed by atoms with Crippen molar-refractivity contribution in [2.75, 3.05) is 6.61 Å². The van der Waals surface area contributed by atoms with Crippen molar-refractivity contribution in [3.8, 4) is 0 Å². The number of rotatable bonds is 3. The van der Waals surface area contributed by atoms with Crippen molar-refractivity contribution in [1.29, 1.82) is 0 Å². The molecule has 0 saturated carbocycles. The maximum Gasteiger partial charge on any atom is 0.306 e. The molecule has 0 amide bonds. The zero-order valence-electron chi connectivity index (χ0n) is 8.60. The van der Waals surface area contributed by atoms with Crippen LogP contribution in [-0.4, -0.2) is 23.8 Å². The molecule has 1 aliphatic heterocycles. The molecule has 2 heterocycles. The number of ether oxygens (including phenoxy) is 2. The van der Waals surface area contributed by atoms with E-state index in [4.69, 9.17) is 26.2 Å². The van der Waals surface area contributed by atoms with Crippen LogP contribution in [0.15, 0.2) is 12.1 Å². The van der Waals surface area contributed by atoms with Crippen LogP contribution in [0.5, 0.6) is 0 Å². The predicted molar refractivity (Wildman–Crippen MR) is 59.8 cm³/mol. The van der Waals surface area contributed by atoms with Gasteiger partial charge in [-0.05, 0) is 19.1 Å². The quantitative estimate of drug-likeness (QED) is 0.909. The Labute approximate surface area is 102 Å². The molecule has 2 rings (SSSR count). The highest BCUT2D eigenvalue weighted by Crippen LogP contribution is 2.39. The molecule has 0 aliphatic carbocycles. The minimum absolute atomic E-state index is 0.0469. The number of hydrogen-bond acceptors (Lipinski definition) is 4. The van der Waals surface area contributed by atoms with Gasteiger partial charge in [0.1, 0.15) is 0 Å². The van der Waals surface area contributed by atoms with Gasteiger partial charge in [-0.3, -0.25) is 4.79 Å². The Bertz CT molecular complexity index is 405. The Kier molecular flexibility index (Phi) is 3.21. The molecule has 2 unspecified atom stereocenters. The van der Waals surface area contributed by atoms with Gasteiger partial charge in [0.25, 0.3) is 0 Å². The first-order chi connectivity index (χ1) is 7.49. The summed E-state index contributed by atoms with van der Waals surface area (Å²) in [5, 5.41) is 8.66. The predicted octanol–water partition coefficient (Wildman–Crippen LogP) is 2.46. The maximum absolute atomic E-state index is 10.6. The van der Waals surface area contributed by atoms with Crippen LogP contribution >= 0.6 is 22.9 Å². The van der Waals surface area contributed by atoms with Crippen LogP contribution in [0, 0.1) is 0 Å². The molecule has 1 aromatic rings. The third-order valence-corrected chi connectivity index (χ3v) is 3.77. The summed E-state index contributed by atoms with van der Waals surface area (Å²) >= 11 is 7.21. The van der Waals surface area contributed by atoms with E-state index < -0.39 is 17.9 Å². The van der Waals surface area contributed by atoms with Crippen molar-refractivity contribution in [2.45, 2.75) is 25.2 Å². The van der Waals surface area contributed by atoms with E-state index in [2.05, 4.69) is 0 Å². The number of hydrogen-bond donors (Lipinski definition) is 1. The molecule has 6 heteroatoms. The summed E-state index contributed by atoms with van der Waals surface area (Å²) in [5.74, 6) is -1.75. The third kappa shape index (κ3) is 2.38. The molecule has 1 saturated heterocycles. The number of halogens is 1. The smallest absolute Gasteiger partial charge is 0.306 e. The maximum atomic E-state index is 10.6. The molecule has 0 radical (unpaired) electrons. The molecule has 1 aliphatic rings. The van der Waals surface area contributed by atoms with E-state index in [0.29, 0.717) is 4.34 Å². The van der Waals surface area contributed by atoms with Crippen LogP contribution in [0.2, 0.25) is 4.34 Å². The summed E-state index contributed by atoms with van der Waals surface area (Å²) in [6.45, 7) is 2.06. The minimum Gasteiger partial charge on any atom is -0.481 e. The van der Waals surface area contributed by atoms with Crippen molar-refractivity contribution in [3.63, 3.8) is 0 Å². The van der Waals surface area contributed by atoms with Crippen LogP contribution in [0.1, 0.15) is 18.2 Å². The first-order valence-corrected chi connectivity index (χ1v) is 5.98. The summed E-state index contributed by atoms with van der Waals surface area (Å²) in [4.78, 5) is 11.4. The Hall–Kier alpha value is -0.620. The molecule has 1 fully saturated rings. The highest BCUT2D eigenvalue weighted by molar-refractivity contribution is 7.16. The lowest BCUT2D eigenvalue weighted by atomic mass is 10.2. The molecule has 0 bridgehead atoms. The SMILES string of the molecule is CC1(c2ccc(Cl)s2)OCC(CC(=O)O)O1. The van der Waals surface area contributed by atoms with Crippen LogP contribution in [0.4, 0.5) is 0 Å². The number of carboxylic acid groups (broad SMARTS) is 1. The zero-order chi connectivity index (χ0) is 11.8. The largest absolute Gasteiger partial charge is 0.481 e. The van der Waals surface area contributed by atoms with Crippen molar-refractivity contribution < 1.29 is 19.4 Å². The Morgan fingerprint density at radius 2 is 2.50 bits per heavy atom. The topological polar surface area (TPSA) is 55.8 Å². The second-order valence-corrected chi connectivity index (χ2v) is 5.41. The van der Waals surface area contributed by atoms with Gasteiger partial charge in [0, 0.05) is 0 Å². The highest BCUT2D eigenvalue weighted by atomic mass is 35.5. The summed E-state index contributed by atoms with van der Waals surface area (Å²) in [7, 11) is 0. The normalized spacial score (nSPS) is 29.5. The first-order valence-electron chi connectivity index (χ1n) is 4.79. The van der Waals surface area contributed by atoms with Crippen LogP contribution in [-0.2, 0) is 20.1 Å². The van der Waals surface area contributed by atoms with Gasteiger partial charge in [0.2, 0.25) is 5.79 Å². The first kappa shape index (κ1) is 11.9. The van der Waals surface area contributed by atoms with E-state index >= 15 is 0 Å². The van der Waals surface area contributed by atoms with Crippen LogP contribution < -0.4 is 0 Å². The van der Waals surface area contributed by atoms with Crippen molar-refractivity contribution in [2.24, 2.45) is 0 Å². The molecule has 4 nitrogen and oxygen atoms in total.